The van der Waals surface area contributed by atoms with E-state index in [-0.39, 0.29) is 18.9 Å². The molecular weight excluding hydrogens is 400 g/mol. The van der Waals surface area contributed by atoms with E-state index >= 15 is 0 Å². The Morgan fingerprint density at radius 3 is 2.03 bits per heavy atom. The van der Waals surface area contributed by atoms with Gasteiger partial charge in [0.05, 0.1) is 7.11 Å². The Bertz CT molecular complexity index is 568. The van der Waals surface area contributed by atoms with E-state index in [2.05, 4.69) is 10.6 Å². The summed E-state index contributed by atoms with van der Waals surface area (Å²) < 4.78 is 14.9. The Kier molecular flexibility index (Phi) is 11.7. The molecule has 0 aliphatic heterocycles. The quantitative estimate of drug-likeness (QED) is 0.304. The van der Waals surface area contributed by atoms with Crippen LogP contribution >= 0.6 is 11.8 Å². The number of carbonyl (C=O) groups excluding carboxylic acids is 4. The van der Waals surface area contributed by atoms with Crippen LogP contribution in [0.5, 0.6) is 0 Å². The van der Waals surface area contributed by atoms with Crippen LogP contribution in [0.4, 0.5) is 4.79 Å². The van der Waals surface area contributed by atoms with Crippen molar-refractivity contribution in [2.75, 3.05) is 25.2 Å². The van der Waals surface area contributed by atoms with Crippen molar-refractivity contribution in [1.29, 1.82) is 0 Å². The number of amides is 2. The molecule has 9 nitrogen and oxygen atoms in total. The van der Waals surface area contributed by atoms with Crippen molar-refractivity contribution >= 4 is 35.7 Å². The van der Waals surface area contributed by atoms with Crippen molar-refractivity contribution in [3.05, 3.63) is 0 Å². The zero-order valence-electron chi connectivity index (χ0n) is 18.4. The SMILES string of the molecule is COC(=O)[C@H](CCSCCC(=O)NCC(=O)OC(C)(C)C)NC(=O)OC(C)(C)C. The minimum absolute atomic E-state index is 0.176. The molecule has 0 saturated carbocycles. The summed E-state index contributed by atoms with van der Waals surface area (Å²) >= 11 is 1.45. The number of hydrogen-bond donors (Lipinski definition) is 2. The Labute approximate surface area is 177 Å². The first-order chi connectivity index (χ1) is 13.2. The van der Waals surface area contributed by atoms with Gasteiger partial charge in [-0.3, -0.25) is 9.59 Å². The number of methoxy groups -OCH3 is 1. The summed E-state index contributed by atoms with van der Waals surface area (Å²) in [7, 11) is 1.24. The highest BCUT2D eigenvalue weighted by Crippen LogP contribution is 2.11. The van der Waals surface area contributed by atoms with Gasteiger partial charge in [0.25, 0.3) is 0 Å². The van der Waals surface area contributed by atoms with Crippen LogP contribution < -0.4 is 10.6 Å². The van der Waals surface area contributed by atoms with Crippen molar-refractivity contribution in [1.82, 2.24) is 10.6 Å². The van der Waals surface area contributed by atoms with Crippen molar-refractivity contribution < 1.29 is 33.4 Å². The van der Waals surface area contributed by atoms with Gasteiger partial charge in [0.1, 0.15) is 23.8 Å². The van der Waals surface area contributed by atoms with Crippen molar-refractivity contribution in [2.24, 2.45) is 0 Å². The van der Waals surface area contributed by atoms with Crippen LogP contribution in [-0.2, 0) is 28.6 Å². The highest BCUT2D eigenvalue weighted by atomic mass is 32.2. The summed E-state index contributed by atoms with van der Waals surface area (Å²) in [6, 6.07) is -0.830. The summed E-state index contributed by atoms with van der Waals surface area (Å²) in [4.78, 5) is 47.0. The first kappa shape index (κ1) is 27.0. The monoisotopic (exact) mass is 434 g/mol. The van der Waals surface area contributed by atoms with Gasteiger partial charge in [0.15, 0.2) is 0 Å². The molecule has 0 radical (unpaired) electrons. The first-order valence-electron chi connectivity index (χ1n) is 9.37. The molecule has 0 saturated heterocycles. The number of nitrogens with one attached hydrogen (secondary N) is 2. The normalized spacial score (nSPS) is 12.5. The maximum atomic E-state index is 11.8. The van der Waals surface area contributed by atoms with Gasteiger partial charge in [-0.15, -0.1) is 0 Å². The van der Waals surface area contributed by atoms with Crippen LogP contribution in [0.2, 0.25) is 0 Å². The van der Waals surface area contributed by atoms with Crippen LogP contribution in [0, 0.1) is 0 Å². The number of ether oxygens (including phenoxy) is 3. The van der Waals surface area contributed by atoms with Crippen LogP contribution in [0.1, 0.15) is 54.4 Å². The minimum Gasteiger partial charge on any atom is -0.467 e. The molecule has 0 rings (SSSR count). The van der Waals surface area contributed by atoms with Crippen LogP contribution in [0.25, 0.3) is 0 Å². The lowest BCUT2D eigenvalue weighted by Gasteiger charge is -2.22. The number of carbonyl (C=O) groups is 4. The minimum atomic E-state index is -0.830. The van der Waals surface area contributed by atoms with Gasteiger partial charge < -0.3 is 24.8 Å². The fourth-order valence-electron chi connectivity index (χ4n) is 1.95. The molecule has 29 heavy (non-hydrogen) atoms. The summed E-state index contributed by atoms with van der Waals surface area (Å²) in [6.07, 6.45) is -0.147. The second kappa shape index (κ2) is 12.6. The third kappa shape index (κ3) is 15.6. The molecule has 0 aromatic rings. The largest absolute Gasteiger partial charge is 0.467 e. The van der Waals surface area contributed by atoms with Crippen molar-refractivity contribution in [3.63, 3.8) is 0 Å². The van der Waals surface area contributed by atoms with Gasteiger partial charge in [-0.1, -0.05) is 0 Å². The second-order valence-electron chi connectivity index (χ2n) is 8.24. The molecule has 168 valence electrons. The molecular formula is C19H34N2O7S. The third-order valence-electron chi connectivity index (χ3n) is 3.05. The van der Waals surface area contributed by atoms with Gasteiger partial charge in [0, 0.05) is 12.2 Å². The molecule has 1 atom stereocenters. The van der Waals surface area contributed by atoms with Crippen LogP contribution in [0.15, 0.2) is 0 Å². The highest BCUT2D eigenvalue weighted by molar-refractivity contribution is 7.99. The average molecular weight is 435 g/mol. The van der Waals surface area contributed by atoms with Gasteiger partial charge in [-0.05, 0) is 53.7 Å². The van der Waals surface area contributed by atoms with E-state index in [1.807, 2.05) is 0 Å². The molecule has 2 amide bonds. The van der Waals surface area contributed by atoms with E-state index < -0.39 is 35.3 Å². The standard InChI is InChI=1S/C19H34N2O7S/c1-18(2,3)27-15(23)12-20-14(22)9-11-29-10-8-13(16(24)26-7)21-17(25)28-19(4,5)6/h13H,8-12H2,1-7H3,(H,20,22)(H,21,25)/t13-/m0/s1. The third-order valence-corrected chi connectivity index (χ3v) is 4.07. The fourth-order valence-corrected chi connectivity index (χ4v) is 2.88. The summed E-state index contributed by atoms with van der Waals surface area (Å²) in [5.74, 6) is -0.297. The Morgan fingerprint density at radius 2 is 1.52 bits per heavy atom. The second-order valence-corrected chi connectivity index (χ2v) is 9.46. The van der Waals surface area contributed by atoms with E-state index in [1.165, 1.54) is 18.9 Å². The summed E-state index contributed by atoms with van der Waals surface area (Å²) in [5, 5.41) is 5.00. The Morgan fingerprint density at radius 1 is 0.931 bits per heavy atom. The fraction of sp³-hybridized carbons (Fsp3) is 0.789. The lowest BCUT2D eigenvalue weighted by atomic mass is 10.2. The first-order valence-corrected chi connectivity index (χ1v) is 10.5. The van der Waals surface area contributed by atoms with Gasteiger partial charge in [-0.25, -0.2) is 9.59 Å². The number of thioether (sulfide) groups is 1. The predicted molar refractivity (Wildman–Crippen MR) is 111 cm³/mol. The lowest BCUT2D eigenvalue weighted by Crippen LogP contribution is -2.44. The number of esters is 2. The summed E-state index contributed by atoms with van der Waals surface area (Å²) in [5.41, 5.74) is -1.27. The molecule has 0 aliphatic rings. The Balaban J connectivity index is 4.17. The zero-order valence-corrected chi connectivity index (χ0v) is 19.2. The van der Waals surface area contributed by atoms with E-state index in [4.69, 9.17) is 14.2 Å². The van der Waals surface area contributed by atoms with E-state index in [1.54, 1.807) is 41.5 Å². The van der Waals surface area contributed by atoms with Crippen molar-refractivity contribution in [2.45, 2.75) is 71.6 Å². The van der Waals surface area contributed by atoms with Gasteiger partial charge in [-0.2, -0.15) is 11.8 Å². The van der Waals surface area contributed by atoms with E-state index in [9.17, 15) is 19.2 Å². The zero-order chi connectivity index (χ0) is 22.7. The molecule has 0 spiro atoms. The predicted octanol–water partition coefficient (Wildman–Crippen LogP) is 2.02. The molecule has 10 heteroatoms. The number of rotatable bonds is 10. The smallest absolute Gasteiger partial charge is 0.408 e. The molecule has 0 aromatic heterocycles. The topological polar surface area (TPSA) is 120 Å². The molecule has 0 aromatic carbocycles. The van der Waals surface area contributed by atoms with Crippen molar-refractivity contribution in [3.8, 4) is 0 Å². The lowest BCUT2D eigenvalue weighted by molar-refractivity contribution is -0.154. The van der Waals surface area contributed by atoms with Crippen LogP contribution in [0.3, 0.4) is 0 Å². The maximum absolute atomic E-state index is 11.8. The van der Waals surface area contributed by atoms with Gasteiger partial charge >= 0.3 is 18.0 Å². The highest BCUT2D eigenvalue weighted by Gasteiger charge is 2.24. The molecule has 0 fully saturated rings. The molecule has 0 unspecified atom stereocenters. The Hall–Kier alpha value is -1.97. The van der Waals surface area contributed by atoms with Crippen LogP contribution in [-0.4, -0.2) is 66.3 Å². The molecule has 0 bridgehead atoms. The molecule has 0 heterocycles. The summed E-state index contributed by atoms with van der Waals surface area (Å²) in [6.45, 7) is 10.3. The van der Waals surface area contributed by atoms with E-state index in [0.29, 0.717) is 17.9 Å². The number of hydrogen-bond acceptors (Lipinski definition) is 8. The molecule has 0 aliphatic carbocycles. The van der Waals surface area contributed by atoms with E-state index in [0.717, 1.165) is 0 Å². The molecule has 2 N–H and O–H groups in total. The average Bonchev–Trinajstić information content (AvgIpc) is 2.54. The number of alkyl carbamates (subject to hydrolysis) is 1. The van der Waals surface area contributed by atoms with Gasteiger partial charge in [0.2, 0.25) is 5.91 Å². The maximum Gasteiger partial charge on any atom is 0.408 e.